The summed E-state index contributed by atoms with van der Waals surface area (Å²) in [6.45, 7) is 0.0859. The van der Waals surface area contributed by atoms with E-state index in [9.17, 15) is 13.6 Å². The van der Waals surface area contributed by atoms with E-state index in [0.29, 0.717) is 17.8 Å². The monoisotopic (exact) mass is 257 g/mol. The van der Waals surface area contributed by atoms with E-state index in [0.717, 1.165) is 5.56 Å². The van der Waals surface area contributed by atoms with Gasteiger partial charge in [-0.1, -0.05) is 0 Å². The maximum atomic E-state index is 12.1. The summed E-state index contributed by atoms with van der Waals surface area (Å²) in [5.74, 6) is -0.198. The molecule has 0 aromatic heterocycles. The van der Waals surface area contributed by atoms with Gasteiger partial charge in [0, 0.05) is 18.7 Å². The number of fused-ring (bicyclic) bond motifs is 1. The third kappa shape index (κ3) is 2.35. The van der Waals surface area contributed by atoms with Crippen molar-refractivity contribution in [2.45, 2.75) is 19.1 Å². The van der Waals surface area contributed by atoms with Crippen molar-refractivity contribution < 1.29 is 18.7 Å². The van der Waals surface area contributed by atoms with Crippen molar-refractivity contribution in [1.82, 2.24) is 5.32 Å². The van der Waals surface area contributed by atoms with Crippen LogP contribution in [0, 0.1) is 0 Å². The van der Waals surface area contributed by atoms with Crippen LogP contribution in [0.1, 0.15) is 15.9 Å². The lowest BCUT2D eigenvalue weighted by Crippen LogP contribution is -2.27. The van der Waals surface area contributed by atoms with Crippen molar-refractivity contribution in [3.8, 4) is 0 Å². The molecule has 1 unspecified atom stereocenters. The predicted octanol–water partition coefficient (Wildman–Crippen LogP) is 0.550. The lowest BCUT2D eigenvalue weighted by Gasteiger charge is -2.14. The number of hydrogen-bond donors (Lipinski definition) is 4. The van der Waals surface area contributed by atoms with Crippen LogP contribution in [-0.2, 0) is 6.54 Å². The predicted molar refractivity (Wildman–Crippen MR) is 62.5 cm³/mol. The van der Waals surface area contributed by atoms with Gasteiger partial charge < -0.3 is 21.5 Å². The summed E-state index contributed by atoms with van der Waals surface area (Å²) in [7, 11) is 0. The first kappa shape index (κ1) is 12.6. The highest BCUT2D eigenvalue weighted by molar-refractivity contribution is 6.00. The number of nitrogens with one attached hydrogen (secondary N) is 2. The van der Waals surface area contributed by atoms with E-state index in [1.54, 1.807) is 6.07 Å². The van der Waals surface area contributed by atoms with Gasteiger partial charge in [-0.15, -0.1) is 0 Å². The van der Waals surface area contributed by atoms with E-state index in [1.807, 2.05) is 0 Å². The molecule has 2 rings (SSSR count). The minimum absolute atomic E-state index is 0.198. The van der Waals surface area contributed by atoms with Crippen LogP contribution in [0.2, 0.25) is 0 Å². The van der Waals surface area contributed by atoms with Gasteiger partial charge in [0.1, 0.15) is 6.10 Å². The average Bonchev–Trinajstić information content (AvgIpc) is 2.67. The molecule has 98 valence electrons. The molecule has 1 atom stereocenters. The van der Waals surface area contributed by atoms with Crippen molar-refractivity contribution in [3.63, 3.8) is 0 Å². The van der Waals surface area contributed by atoms with E-state index < -0.39 is 12.5 Å². The normalized spacial score (nSPS) is 15.4. The Balaban J connectivity index is 2.13. The van der Waals surface area contributed by atoms with Crippen LogP contribution in [0.15, 0.2) is 12.1 Å². The summed E-state index contributed by atoms with van der Waals surface area (Å²) < 4.78 is 24.3. The summed E-state index contributed by atoms with van der Waals surface area (Å²) in [4.78, 5) is 11.4. The maximum absolute atomic E-state index is 12.1. The summed E-state index contributed by atoms with van der Waals surface area (Å²) in [6.07, 6.45) is -4.56. The summed E-state index contributed by atoms with van der Waals surface area (Å²) in [5, 5.41) is 14.3. The first-order chi connectivity index (χ1) is 8.49. The van der Waals surface area contributed by atoms with Gasteiger partial charge in [0.2, 0.25) is 0 Å². The van der Waals surface area contributed by atoms with Gasteiger partial charge in [-0.25, -0.2) is 8.78 Å². The SMILES string of the molecule is Nc1cc2c(cc1NCC(O)C(F)F)CNC2=O. The molecule has 0 fully saturated rings. The minimum atomic E-state index is -2.81. The highest BCUT2D eigenvalue weighted by atomic mass is 19.3. The number of carbonyl (C=O) groups is 1. The fraction of sp³-hybridized carbons (Fsp3) is 0.364. The van der Waals surface area contributed by atoms with E-state index in [4.69, 9.17) is 10.8 Å². The fourth-order valence-electron chi connectivity index (χ4n) is 1.75. The van der Waals surface area contributed by atoms with Gasteiger partial charge in [0.25, 0.3) is 12.3 Å². The Morgan fingerprint density at radius 3 is 2.89 bits per heavy atom. The molecule has 1 heterocycles. The third-order valence-corrected chi connectivity index (χ3v) is 2.75. The molecule has 7 heteroatoms. The smallest absolute Gasteiger partial charge is 0.265 e. The zero-order valence-corrected chi connectivity index (χ0v) is 9.41. The molecule has 5 N–H and O–H groups in total. The first-order valence-corrected chi connectivity index (χ1v) is 5.39. The van der Waals surface area contributed by atoms with Gasteiger partial charge in [-0.05, 0) is 17.7 Å². The number of halogens is 2. The second-order valence-electron chi connectivity index (χ2n) is 4.06. The number of nitrogens with two attached hydrogens (primary N) is 1. The van der Waals surface area contributed by atoms with Crippen LogP contribution in [0.3, 0.4) is 0 Å². The van der Waals surface area contributed by atoms with Crippen LogP contribution in [-0.4, -0.2) is 30.1 Å². The Hall–Kier alpha value is -1.89. The Labute approximate surface area is 102 Å². The average molecular weight is 257 g/mol. The third-order valence-electron chi connectivity index (χ3n) is 2.75. The zero-order valence-electron chi connectivity index (χ0n) is 9.41. The minimum Gasteiger partial charge on any atom is -0.397 e. The molecule has 0 bridgehead atoms. The Morgan fingerprint density at radius 2 is 2.22 bits per heavy atom. The number of aliphatic hydroxyl groups excluding tert-OH is 1. The molecule has 18 heavy (non-hydrogen) atoms. The number of aliphatic hydroxyl groups is 1. The van der Waals surface area contributed by atoms with E-state index in [2.05, 4.69) is 10.6 Å². The van der Waals surface area contributed by atoms with E-state index >= 15 is 0 Å². The van der Waals surface area contributed by atoms with Crippen LogP contribution < -0.4 is 16.4 Å². The molecule has 1 aliphatic rings. The van der Waals surface area contributed by atoms with Crippen molar-refractivity contribution in [1.29, 1.82) is 0 Å². The highest BCUT2D eigenvalue weighted by Gasteiger charge is 2.21. The van der Waals surface area contributed by atoms with Crippen molar-refractivity contribution >= 4 is 17.3 Å². The molecule has 1 aliphatic heterocycles. The number of amides is 1. The molecule has 5 nitrogen and oxygen atoms in total. The molecule has 0 saturated carbocycles. The molecule has 1 amide bonds. The molecule has 1 aromatic carbocycles. The number of hydrogen-bond acceptors (Lipinski definition) is 4. The van der Waals surface area contributed by atoms with E-state index in [1.165, 1.54) is 6.07 Å². The number of benzene rings is 1. The largest absolute Gasteiger partial charge is 0.397 e. The Bertz CT molecular complexity index is 480. The topological polar surface area (TPSA) is 87.4 Å². The van der Waals surface area contributed by atoms with Gasteiger partial charge in [-0.3, -0.25) is 4.79 Å². The van der Waals surface area contributed by atoms with E-state index in [-0.39, 0.29) is 18.1 Å². The van der Waals surface area contributed by atoms with Crippen LogP contribution in [0.4, 0.5) is 20.2 Å². The second kappa shape index (κ2) is 4.77. The molecule has 0 saturated heterocycles. The summed E-state index contributed by atoms with van der Waals surface area (Å²) >= 11 is 0. The van der Waals surface area contributed by atoms with Crippen molar-refractivity contribution in [3.05, 3.63) is 23.3 Å². The molecule has 0 radical (unpaired) electrons. The maximum Gasteiger partial charge on any atom is 0.265 e. The number of anilines is 2. The quantitative estimate of drug-likeness (QED) is 0.593. The Kier molecular flexibility index (Phi) is 3.33. The van der Waals surface area contributed by atoms with Gasteiger partial charge >= 0.3 is 0 Å². The Morgan fingerprint density at radius 1 is 1.50 bits per heavy atom. The standard InChI is InChI=1S/C11H13F2N3O2/c12-10(13)9(17)4-15-8-1-5-3-16-11(18)6(5)2-7(8)14/h1-2,9-10,15,17H,3-4,14H2,(H,16,18). The molecule has 0 aliphatic carbocycles. The lowest BCUT2D eigenvalue weighted by atomic mass is 10.1. The van der Waals surface area contributed by atoms with Crippen LogP contribution in [0.25, 0.3) is 0 Å². The highest BCUT2D eigenvalue weighted by Crippen LogP contribution is 2.26. The number of carbonyl (C=O) groups excluding carboxylic acids is 1. The molecular weight excluding hydrogens is 244 g/mol. The number of nitrogen functional groups attached to an aromatic ring is 1. The van der Waals surface area contributed by atoms with Gasteiger partial charge in [-0.2, -0.15) is 0 Å². The number of alkyl halides is 2. The molecule has 1 aromatic rings. The van der Waals surface area contributed by atoms with Gasteiger partial charge in [0.05, 0.1) is 11.4 Å². The van der Waals surface area contributed by atoms with Gasteiger partial charge in [0.15, 0.2) is 0 Å². The fourth-order valence-corrected chi connectivity index (χ4v) is 1.75. The van der Waals surface area contributed by atoms with Crippen molar-refractivity contribution in [2.75, 3.05) is 17.6 Å². The van der Waals surface area contributed by atoms with Crippen molar-refractivity contribution in [2.24, 2.45) is 0 Å². The zero-order chi connectivity index (χ0) is 13.3. The number of rotatable bonds is 4. The molecular formula is C11H13F2N3O2. The summed E-state index contributed by atoms with van der Waals surface area (Å²) in [6, 6.07) is 3.12. The first-order valence-electron chi connectivity index (χ1n) is 5.39. The second-order valence-corrected chi connectivity index (χ2v) is 4.06. The molecule has 0 spiro atoms. The summed E-state index contributed by atoms with van der Waals surface area (Å²) in [5.41, 5.74) is 7.67. The lowest BCUT2D eigenvalue weighted by molar-refractivity contribution is 0.00385. The van der Waals surface area contributed by atoms with Crippen LogP contribution >= 0.6 is 0 Å². The van der Waals surface area contributed by atoms with Crippen LogP contribution in [0.5, 0.6) is 0 Å².